The van der Waals surface area contributed by atoms with Crippen molar-refractivity contribution in [3.8, 4) is 11.4 Å². The Labute approximate surface area is 159 Å². The van der Waals surface area contributed by atoms with E-state index < -0.39 is 6.55 Å². The third-order valence-corrected chi connectivity index (χ3v) is 4.72. The maximum absolute atomic E-state index is 13.3. The highest BCUT2D eigenvalue weighted by Gasteiger charge is 2.22. The molecule has 0 fully saturated rings. The van der Waals surface area contributed by atoms with Gasteiger partial charge in [0.25, 0.3) is 0 Å². The van der Waals surface area contributed by atoms with Crippen LogP contribution in [-0.2, 0) is 13.0 Å². The Balaban J connectivity index is 1.75. The van der Waals surface area contributed by atoms with E-state index in [4.69, 9.17) is 17.3 Å². The van der Waals surface area contributed by atoms with Gasteiger partial charge in [0.05, 0.1) is 5.69 Å². The zero-order valence-corrected chi connectivity index (χ0v) is 15.1. The van der Waals surface area contributed by atoms with Crippen LogP contribution < -0.4 is 10.6 Å². The van der Waals surface area contributed by atoms with Gasteiger partial charge in [0, 0.05) is 36.6 Å². The molecule has 2 N–H and O–H groups in total. The van der Waals surface area contributed by atoms with Crippen LogP contribution in [0.3, 0.4) is 0 Å². The van der Waals surface area contributed by atoms with E-state index >= 15 is 0 Å². The second-order valence-corrected chi connectivity index (χ2v) is 6.74. The predicted octanol–water partition coefficient (Wildman–Crippen LogP) is 3.92. The third kappa shape index (κ3) is 3.57. The average Bonchev–Trinajstić information content (AvgIpc) is 3.05. The molecule has 1 aliphatic rings. The summed E-state index contributed by atoms with van der Waals surface area (Å²) >= 11 is 5.96. The largest absolute Gasteiger partial charge is 0.368 e. The van der Waals surface area contributed by atoms with E-state index in [2.05, 4.69) is 26.0 Å². The van der Waals surface area contributed by atoms with Crippen LogP contribution in [0.5, 0.6) is 0 Å². The van der Waals surface area contributed by atoms with Crippen LogP contribution in [0.1, 0.15) is 24.1 Å². The fourth-order valence-corrected chi connectivity index (χ4v) is 3.59. The van der Waals surface area contributed by atoms with E-state index in [0.717, 1.165) is 25.1 Å². The number of benzene rings is 1. The highest BCUT2D eigenvalue weighted by molar-refractivity contribution is 6.29. The second-order valence-electron chi connectivity index (χ2n) is 6.35. The fourth-order valence-electron chi connectivity index (χ4n) is 3.40. The van der Waals surface area contributed by atoms with Crippen LogP contribution in [0.4, 0.5) is 20.4 Å². The monoisotopic (exact) mass is 390 g/mol. The molecule has 1 aromatic carbocycles. The van der Waals surface area contributed by atoms with Gasteiger partial charge >= 0.3 is 6.55 Å². The number of nitrogens with two attached hydrogens (primary N) is 1. The number of alkyl halides is 2. The van der Waals surface area contributed by atoms with Crippen molar-refractivity contribution in [3.63, 3.8) is 0 Å². The number of fused-ring (bicyclic) bond motifs is 1. The Kier molecular flexibility index (Phi) is 4.65. The fraction of sp³-hybridized carbons (Fsp3) is 0.278. The van der Waals surface area contributed by atoms with Crippen molar-refractivity contribution in [2.75, 3.05) is 17.2 Å². The second kappa shape index (κ2) is 7.11. The number of aromatic nitrogens is 4. The highest BCUT2D eigenvalue weighted by Crippen LogP contribution is 2.31. The van der Waals surface area contributed by atoms with Crippen LogP contribution in [0, 0.1) is 0 Å². The molecule has 9 heteroatoms. The van der Waals surface area contributed by atoms with Crippen molar-refractivity contribution in [1.29, 1.82) is 0 Å². The average molecular weight is 391 g/mol. The quantitative estimate of drug-likeness (QED) is 0.683. The van der Waals surface area contributed by atoms with E-state index in [9.17, 15) is 8.78 Å². The highest BCUT2D eigenvalue weighted by atomic mass is 35.5. The minimum Gasteiger partial charge on any atom is -0.368 e. The molecule has 6 nitrogen and oxygen atoms in total. The molecule has 0 spiro atoms. The molecular weight excluding hydrogens is 374 g/mol. The van der Waals surface area contributed by atoms with Gasteiger partial charge in [0.1, 0.15) is 10.8 Å². The van der Waals surface area contributed by atoms with Gasteiger partial charge in [-0.3, -0.25) is 0 Å². The summed E-state index contributed by atoms with van der Waals surface area (Å²) in [6.45, 7) is -1.48. The van der Waals surface area contributed by atoms with Crippen LogP contribution in [0.25, 0.3) is 11.4 Å². The Hall–Kier alpha value is -2.74. The summed E-state index contributed by atoms with van der Waals surface area (Å²) in [6.07, 6.45) is 3.36. The van der Waals surface area contributed by atoms with E-state index in [1.54, 1.807) is 0 Å². The van der Waals surface area contributed by atoms with Crippen molar-refractivity contribution in [1.82, 2.24) is 19.7 Å². The number of rotatable bonds is 4. The molecule has 140 valence electrons. The molecule has 0 saturated heterocycles. The molecule has 27 heavy (non-hydrogen) atoms. The zero-order chi connectivity index (χ0) is 19.0. The molecule has 0 amide bonds. The number of nitrogens with zero attached hydrogens (tertiary/aromatic N) is 5. The van der Waals surface area contributed by atoms with Crippen LogP contribution in [0.15, 0.2) is 36.5 Å². The van der Waals surface area contributed by atoms with Gasteiger partial charge in [-0.15, -0.1) is 0 Å². The van der Waals surface area contributed by atoms with E-state index in [1.165, 1.54) is 17.8 Å². The molecular formula is C18H17ClF2N6. The Morgan fingerprint density at radius 2 is 2.04 bits per heavy atom. The number of para-hydroxylation sites is 1. The van der Waals surface area contributed by atoms with Gasteiger partial charge < -0.3 is 10.6 Å². The number of aryl methyl sites for hydroxylation is 1. The first-order chi connectivity index (χ1) is 13.0. The maximum atomic E-state index is 13.3. The summed E-state index contributed by atoms with van der Waals surface area (Å²) in [6, 6.07) is 9.60. The Morgan fingerprint density at radius 1 is 1.22 bits per heavy atom. The summed E-state index contributed by atoms with van der Waals surface area (Å²) in [5.41, 5.74) is 9.30. The van der Waals surface area contributed by atoms with Gasteiger partial charge in [-0.1, -0.05) is 29.8 Å². The summed E-state index contributed by atoms with van der Waals surface area (Å²) in [7, 11) is 0. The molecule has 0 aliphatic carbocycles. The van der Waals surface area contributed by atoms with Gasteiger partial charge in [-0.2, -0.15) is 13.9 Å². The molecule has 0 bridgehead atoms. The van der Waals surface area contributed by atoms with E-state index in [0.29, 0.717) is 28.2 Å². The van der Waals surface area contributed by atoms with Crippen molar-refractivity contribution < 1.29 is 8.78 Å². The maximum Gasteiger partial charge on any atom is 0.333 e. The first kappa shape index (κ1) is 17.7. The lowest BCUT2D eigenvalue weighted by Gasteiger charge is -2.31. The molecule has 3 aromatic rings. The van der Waals surface area contributed by atoms with Crippen molar-refractivity contribution in [2.24, 2.45) is 0 Å². The Bertz CT molecular complexity index is 954. The molecule has 0 radical (unpaired) electrons. The third-order valence-electron chi connectivity index (χ3n) is 4.53. The summed E-state index contributed by atoms with van der Waals surface area (Å²) < 4.78 is 27.1. The molecule has 4 rings (SSSR count). The number of nitrogen functional groups attached to an aromatic ring is 1. The zero-order valence-electron chi connectivity index (χ0n) is 14.3. The molecule has 0 atom stereocenters. The lowest BCUT2D eigenvalue weighted by molar-refractivity contribution is 0.0567. The lowest BCUT2D eigenvalue weighted by Crippen LogP contribution is -2.28. The number of halogens is 3. The lowest BCUT2D eigenvalue weighted by atomic mass is 10.0. The normalized spacial score (nSPS) is 13.9. The van der Waals surface area contributed by atoms with Gasteiger partial charge in [-0.05, 0) is 24.5 Å². The minimum atomic E-state index is -2.75. The molecule has 3 heterocycles. The van der Waals surface area contributed by atoms with Crippen LogP contribution >= 0.6 is 11.6 Å². The number of anilines is 2. The van der Waals surface area contributed by atoms with E-state index in [-0.39, 0.29) is 11.1 Å². The van der Waals surface area contributed by atoms with Crippen molar-refractivity contribution in [3.05, 3.63) is 52.8 Å². The summed E-state index contributed by atoms with van der Waals surface area (Å²) in [4.78, 5) is 10.1. The number of hydrogen-bond donors (Lipinski definition) is 1. The smallest absolute Gasteiger partial charge is 0.333 e. The SMILES string of the molecule is Nc1nc(Cl)cc(-c2nn(C(F)F)cc2CN2CCCc3ccccc32)n1. The molecule has 0 unspecified atom stereocenters. The van der Waals surface area contributed by atoms with Gasteiger partial charge in [-0.25, -0.2) is 14.6 Å². The molecule has 0 saturated carbocycles. The van der Waals surface area contributed by atoms with Crippen LogP contribution in [0.2, 0.25) is 5.15 Å². The van der Waals surface area contributed by atoms with Gasteiger partial charge in [0.15, 0.2) is 0 Å². The first-order valence-electron chi connectivity index (χ1n) is 8.51. The Morgan fingerprint density at radius 3 is 2.81 bits per heavy atom. The molecule has 1 aliphatic heterocycles. The van der Waals surface area contributed by atoms with Crippen LogP contribution in [-0.4, -0.2) is 26.3 Å². The number of hydrogen-bond acceptors (Lipinski definition) is 5. The van der Waals surface area contributed by atoms with E-state index in [1.807, 2.05) is 18.2 Å². The predicted molar refractivity (Wildman–Crippen MR) is 99.7 cm³/mol. The summed E-state index contributed by atoms with van der Waals surface area (Å²) in [5.74, 6) is -0.0293. The molecule has 2 aromatic heterocycles. The minimum absolute atomic E-state index is 0.0293. The van der Waals surface area contributed by atoms with Crippen molar-refractivity contribution >= 4 is 23.2 Å². The van der Waals surface area contributed by atoms with Crippen molar-refractivity contribution in [2.45, 2.75) is 25.9 Å². The first-order valence-corrected chi connectivity index (χ1v) is 8.88. The standard InChI is InChI=1S/C18H17ClF2N6/c19-15-8-13(23-18(22)24-15)16-12(10-27(25-16)17(20)21)9-26-7-3-5-11-4-1-2-6-14(11)26/h1-2,4,6,8,10,17H,3,5,7,9H2,(H2,22,23,24). The summed E-state index contributed by atoms with van der Waals surface area (Å²) in [5, 5.41) is 4.16. The topological polar surface area (TPSA) is 72.9 Å². The van der Waals surface area contributed by atoms with Gasteiger partial charge in [0.2, 0.25) is 5.95 Å².